The Morgan fingerprint density at radius 3 is 2.71 bits per heavy atom. The monoisotopic (exact) mass is 294 g/mol. The molecule has 0 saturated heterocycles. The number of anilines is 1. The van der Waals surface area contributed by atoms with E-state index in [1.54, 1.807) is 19.1 Å². The third-order valence-electron chi connectivity index (χ3n) is 2.90. The summed E-state index contributed by atoms with van der Waals surface area (Å²) in [5, 5.41) is 14.3. The molecule has 6 nitrogen and oxygen atoms in total. The molecule has 21 heavy (non-hydrogen) atoms. The molecule has 0 aliphatic carbocycles. The number of unbranched alkanes of at least 4 members (excludes halogenated alkanes) is 1. The number of hydrogen-bond acceptors (Lipinski definition) is 3. The van der Waals surface area contributed by atoms with Crippen LogP contribution in [0.2, 0.25) is 0 Å². The molecule has 0 fully saturated rings. The second-order valence-corrected chi connectivity index (χ2v) is 4.68. The number of carbonyl (C=O) groups excluding carboxylic acids is 1. The van der Waals surface area contributed by atoms with E-state index in [1.807, 2.05) is 0 Å². The number of hydrogen-bond donors (Lipinski definition) is 3. The van der Waals surface area contributed by atoms with Gasteiger partial charge >= 0.3 is 12.0 Å². The minimum absolute atomic E-state index is 0.177. The second-order valence-electron chi connectivity index (χ2n) is 4.68. The molecule has 0 heterocycles. The number of amides is 2. The van der Waals surface area contributed by atoms with Crippen LogP contribution in [-0.4, -0.2) is 36.9 Å². The number of aryl methyl sites for hydroxylation is 1. The lowest BCUT2D eigenvalue weighted by Gasteiger charge is -2.09. The Hall–Kier alpha value is -2.08. The van der Waals surface area contributed by atoms with Crippen LogP contribution in [-0.2, 0) is 4.74 Å². The molecule has 3 N–H and O–H groups in total. The zero-order chi connectivity index (χ0) is 15.7. The predicted octanol–water partition coefficient (Wildman–Crippen LogP) is 2.63. The summed E-state index contributed by atoms with van der Waals surface area (Å²) in [6.07, 6.45) is 2.08. The van der Waals surface area contributed by atoms with Gasteiger partial charge in [-0.1, -0.05) is 19.4 Å². The Bertz CT molecular complexity index is 489. The van der Waals surface area contributed by atoms with Gasteiger partial charge in [-0.15, -0.1) is 0 Å². The molecule has 1 aromatic rings. The Balaban J connectivity index is 2.38. The fourth-order valence-electron chi connectivity index (χ4n) is 1.69. The second kappa shape index (κ2) is 8.97. The maximum absolute atomic E-state index is 11.6. The van der Waals surface area contributed by atoms with E-state index in [9.17, 15) is 9.59 Å². The van der Waals surface area contributed by atoms with Crippen molar-refractivity contribution in [1.29, 1.82) is 0 Å². The molecule has 0 saturated carbocycles. The first kappa shape index (κ1) is 17.0. The normalized spacial score (nSPS) is 10.2. The highest BCUT2D eigenvalue weighted by molar-refractivity contribution is 5.94. The van der Waals surface area contributed by atoms with E-state index in [2.05, 4.69) is 17.6 Å². The van der Waals surface area contributed by atoms with E-state index in [0.29, 0.717) is 31.0 Å². The van der Waals surface area contributed by atoms with Gasteiger partial charge in [0.05, 0.1) is 12.2 Å². The van der Waals surface area contributed by atoms with Gasteiger partial charge in [0.2, 0.25) is 0 Å². The molecule has 0 bridgehead atoms. The Kier molecular flexibility index (Phi) is 7.25. The van der Waals surface area contributed by atoms with Crippen LogP contribution in [0, 0.1) is 6.92 Å². The van der Waals surface area contributed by atoms with Crippen LogP contribution >= 0.6 is 0 Å². The number of aromatic carboxylic acids is 1. The first-order chi connectivity index (χ1) is 10.0. The molecule has 0 radical (unpaired) electrons. The molecule has 0 aromatic heterocycles. The molecule has 0 atom stereocenters. The van der Waals surface area contributed by atoms with E-state index < -0.39 is 5.97 Å². The van der Waals surface area contributed by atoms with Gasteiger partial charge in [-0.2, -0.15) is 0 Å². The number of ether oxygens (including phenoxy) is 1. The first-order valence-electron chi connectivity index (χ1n) is 7.01. The van der Waals surface area contributed by atoms with Crippen LogP contribution in [0.5, 0.6) is 0 Å². The van der Waals surface area contributed by atoms with E-state index >= 15 is 0 Å². The smallest absolute Gasteiger partial charge is 0.336 e. The number of urea groups is 1. The topological polar surface area (TPSA) is 87.7 Å². The van der Waals surface area contributed by atoms with Crippen molar-refractivity contribution < 1.29 is 19.4 Å². The minimum Gasteiger partial charge on any atom is -0.478 e. The molecule has 1 aromatic carbocycles. The summed E-state index contributed by atoms with van der Waals surface area (Å²) in [7, 11) is 0. The Labute approximate surface area is 124 Å². The van der Waals surface area contributed by atoms with Crippen molar-refractivity contribution in [2.24, 2.45) is 0 Å². The fourth-order valence-corrected chi connectivity index (χ4v) is 1.69. The van der Waals surface area contributed by atoms with Crippen molar-refractivity contribution >= 4 is 17.7 Å². The SMILES string of the molecule is CCCCOCCNC(=O)Nc1ccc(C)c(C(=O)O)c1. The lowest BCUT2D eigenvalue weighted by Crippen LogP contribution is -2.31. The highest BCUT2D eigenvalue weighted by Crippen LogP contribution is 2.15. The number of carboxylic acids is 1. The quantitative estimate of drug-likeness (QED) is 0.643. The van der Waals surface area contributed by atoms with Gasteiger partial charge in [0.1, 0.15) is 0 Å². The largest absolute Gasteiger partial charge is 0.478 e. The van der Waals surface area contributed by atoms with E-state index in [1.165, 1.54) is 6.07 Å². The van der Waals surface area contributed by atoms with Crippen LogP contribution in [0.15, 0.2) is 18.2 Å². The molecular weight excluding hydrogens is 272 g/mol. The third kappa shape index (κ3) is 6.27. The maximum atomic E-state index is 11.6. The minimum atomic E-state index is -1.01. The van der Waals surface area contributed by atoms with Crippen molar-refractivity contribution in [2.75, 3.05) is 25.1 Å². The summed E-state index contributed by atoms with van der Waals surface area (Å²) in [4.78, 5) is 22.7. The lowest BCUT2D eigenvalue weighted by molar-refractivity contribution is 0.0696. The van der Waals surface area contributed by atoms with Crippen LogP contribution < -0.4 is 10.6 Å². The van der Waals surface area contributed by atoms with E-state index in [0.717, 1.165) is 12.8 Å². The predicted molar refractivity (Wildman–Crippen MR) is 80.9 cm³/mol. The lowest BCUT2D eigenvalue weighted by atomic mass is 10.1. The van der Waals surface area contributed by atoms with Gasteiger partial charge in [0.15, 0.2) is 0 Å². The Morgan fingerprint density at radius 1 is 1.29 bits per heavy atom. The van der Waals surface area contributed by atoms with Crippen molar-refractivity contribution in [3.63, 3.8) is 0 Å². The summed E-state index contributed by atoms with van der Waals surface area (Å²) in [6, 6.07) is 4.38. The molecule has 0 aliphatic rings. The number of nitrogens with one attached hydrogen (secondary N) is 2. The maximum Gasteiger partial charge on any atom is 0.336 e. The summed E-state index contributed by atoms with van der Waals surface area (Å²) in [5.41, 5.74) is 1.27. The molecular formula is C15H22N2O4. The first-order valence-corrected chi connectivity index (χ1v) is 7.01. The van der Waals surface area contributed by atoms with Crippen LogP contribution in [0.1, 0.15) is 35.7 Å². The molecule has 1 rings (SSSR count). The summed E-state index contributed by atoms with van der Waals surface area (Å²) >= 11 is 0. The molecule has 116 valence electrons. The number of rotatable bonds is 8. The van der Waals surface area contributed by atoms with Crippen molar-refractivity contribution in [1.82, 2.24) is 5.32 Å². The van der Waals surface area contributed by atoms with Gasteiger partial charge in [-0.25, -0.2) is 9.59 Å². The molecule has 0 aliphatic heterocycles. The van der Waals surface area contributed by atoms with E-state index in [4.69, 9.17) is 9.84 Å². The molecule has 2 amide bonds. The average Bonchev–Trinajstić information content (AvgIpc) is 2.44. The third-order valence-corrected chi connectivity index (χ3v) is 2.90. The zero-order valence-electron chi connectivity index (χ0n) is 12.4. The average molecular weight is 294 g/mol. The summed E-state index contributed by atoms with van der Waals surface area (Å²) in [6.45, 7) is 5.36. The number of carboxylic acid groups (broad SMARTS) is 1. The zero-order valence-corrected chi connectivity index (χ0v) is 12.4. The van der Waals surface area contributed by atoms with Crippen molar-refractivity contribution in [3.05, 3.63) is 29.3 Å². The van der Waals surface area contributed by atoms with Crippen molar-refractivity contribution in [2.45, 2.75) is 26.7 Å². The highest BCUT2D eigenvalue weighted by atomic mass is 16.5. The van der Waals surface area contributed by atoms with E-state index in [-0.39, 0.29) is 11.6 Å². The number of benzene rings is 1. The molecule has 0 unspecified atom stereocenters. The van der Waals surface area contributed by atoms with Gasteiger partial charge in [0, 0.05) is 18.8 Å². The molecule has 6 heteroatoms. The number of carbonyl (C=O) groups is 2. The van der Waals surface area contributed by atoms with Crippen LogP contribution in [0.3, 0.4) is 0 Å². The standard InChI is InChI=1S/C15H22N2O4/c1-3-4-8-21-9-7-16-15(20)17-12-6-5-11(2)13(10-12)14(18)19/h5-6,10H,3-4,7-9H2,1-2H3,(H,18,19)(H2,16,17,20). The van der Waals surface area contributed by atoms with Gasteiger partial charge < -0.3 is 20.5 Å². The van der Waals surface area contributed by atoms with Gasteiger partial charge in [-0.05, 0) is 31.0 Å². The van der Waals surface area contributed by atoms with Crippen LogP contribution in [0.4, 0.5) is 10.5 Å². The van der Waals surface area contributed by atoms with Gasteiger partial charge in [0.25, 0.3) is 0 Å². The summed E-state index contributed by atoms with van der Waals surface area (Å²) in [5.74, 6) is -1.01. The van der Waals surface area contributed by atoms with Crippen molar-refractivity contribution in [3.8, 4) is 0 Å². The molecule has 0 spiro atoms. The highest BCUT2D eigenvalue weighted by Gasteiger charge is 2.09. The fraction of sp³-hybridized carbons (Fsp3) is 0.467. The summed E-state index contributed by atoms with van der Waals surface area (Å²) < 4.78 is 5.32. The Morgan fingerprint density at radius 2 is 2.05 bits per heavy atom. The van der Waals surface area contributed by atoms with Gasteiger partial charge in [-0.3, -0.25) is 0 Å². The van der Waals surface area contributed by atoms with Crippen LogP contribution in [0.25, 0.3) is 0 Å².